The van der Waals surface area contributed by atoms with E-state index in [2.05, 4.69) is 6.07 Å². The molecule has 1 rings (SSSR count). The second kappa shape index (κ2) is 5.30. The Bertz CT molecular complexity index is 402. The Labute approximate surface area is 95.0 Å². The third kappa shape index (κ3) is 3.38. The second-order valence-corrected chi connectivity index (χ2v) is 3.83. The highest BCUT2D eigenvalue weighted by molar-refractivity contribution is 6.34. The van der Waals surface area contributed by atoms with E-state index in [9.17, 15) is 9.59 Å². The summed E-state index contributed by atoms with van der Waals surface area (Å²) in [6, 6.07) is 8.04. The number of primary amides is 1. The van der Waals surface area contributed by atoms with Crippen molar-refractivity contribution in [1.82, 2.24) is 4.90 Å². The zero-order valence-corrected chi connectivity index (χ0v) is 9.56. The summed E-state index contributed by atoms with van der Waals surface area (Å²) < 4.78 is 0. The van der Waals surface area contributed by atoms with Crippen LogP contribution in [-0.2, 0) is 16.0 Å². The molecule has 0 fully saturated rings. The molecule has 0 saturated carbocycles. The van der Waals surface area contributed by atoms with Crippen LogP contribution in [0.5, 0.6) is 0 Å². The molecule has 2 N–H and O–H groups in total. The van der Waals surface area contributed by atoms with Crippen molar-refractivity contribution >= 4 is 11.8 Å². The number of nitrogens with zero attached hydrogens (tertiary/aromatic N) is 1. The first-order valence-electron chi connectivity index (χ1n) is 5.11. The van der Waals surface area contributed by atoms with E-state index in [4.69, 9.17) is 5.73 Å². The van der Waals surface area contributed by atoms with Gasteiger partial charge in [-0.25, -0.2) is 0 Å². The Morgan fingerprint density at radius 1 is 1.38 bits per heavy atom. The molecule has 0 bridgehead atoms. The van der Waals surface area contributed by atoms with Crippen molar-refractivity contribution in [3.63, 3.8) is 0 Å². The van der Waals surface area contributed by atoms with Crippen LogP contribution >= 0.6 is 0 Å². The van der Waals surface area contributed by atoms with E-state index in [-0.39, 0.29) is 0 Å². The van der Waals surface area contributed by atoms with Crippen molar-refractivity contribution in [1.29, 1.82) is 0 Å². The zero-order valence-electron chi connectivity index (χ0n) is 9.56. The highest BCUT2D eigenvalue weighted by Gasteiger charge is 2.14. The lowest BCUT2D eigenvalue weighted by Gasteiger charge is -2.14. The number of hydrogen-bond donors (Lipinski definition) is 1. The third-order valence-corrected chi connectivity index (χ3v) is 2.38. The molecule has 0 heterocycles. The summed E-state index contributed by atoms with van der Waals surface area (Å²) in [4.78, 5) is 23.2. The fourth-order valence-electron chi connectivity index (χ4n) is 1.45. The summed E-state index contributed by atoms with van der Waals surface area (Å²) in [7, 11) is 1.57. The van der Waals surface area contributed by atoms with Crippen molar-refractivity contribution in [3.05, 3.63) is 35.4 Å². The molecular formula is C12H16N2O2. The second-order valence-electron chi connectivity index (χ2n) is 3.83. The van der Waals surface area contributed by atoms with E-state index < -0.39 is 11.8 Å². The monoisotopic (exact) mass is 220 g/mol. The fourth-order valence-corrected chi connectivity index (χ4v) is 1.45. The number of hydrogen-bond acceptors (Lipinski definition) is 2. The van der Waals surface area contributed by atoms with E-state index in [0.717, 1.165) is 12.0 Å². The first kappa shape index (κ1) is 12.2. The van der Waals surface area contributed by atoms with Gasteiger partial charge in [0, 0.05) is 13.6 Å². The highest BCUT2D eigenvalue weighted by Crippen LogP contribution is 2.05. The number of carbonyl (C=O) groups is 2. The van der Waals surface area contributed by atoms with Crippen LogP contribution in [0.4, 0.5) is 0 Å². The maximum Gasteiger partial charge on any atom is 0.311 e. The molecule has 0 spiro atoms. The molecule has 0 aromatic heterocycles. The summed E-state index contributed by atoms with van der Waals surface area (Å²) in [5.41, 5.74) is 7.22. The first-order chi connectivity index (χ1) is 7.50. The van der Waals surface area contributed by atoms with E-state index in [1.165, 1.54) is 10.5 Å². The van der Waals surface area contributed by atoms with Gasteiger partial charge < -0.3 is 10.6 Å². The predicted molar refractivity (Wildman–Crippen MR) is 61.7 cm³/mol. The molecule has 86 valence electrons. The van der Waals surface area contributed by atoms with E-state index in [0.29, 0.717) is 6.54 Å². The molecule has 16 heavy (non-hydrogen) atoms. The lowest BCUT2D eigenvalue weighted by Crippen LogP contribution is -2.38. The third-order valence-electron chi connectivity index (χ3n) is 2.38. The van der Waals surface area contributed by atoms with Crippen LogP contribution in [0.1, 0.15) is 11.1 Å². The SMILES string of the molecule is Cc1cccc(CCN(C)C(=O)C(N)=O)c1. The van der Waals surface area contributed by atoms with Gasteiger partial charge in [-0.15, -0.1) is 0 Å². The van der Waals surface area contributed by atoms with Crippen molar-refractivity contribution < 1.29 is 9.59 Å². The summed E-state index contributed by atoms with van der Waals surface area (Å²) in [5, 5.41) is 0. The van der Waals surface area contributed by atoms with Gasteiger partial charge in [0.25, 0.3) is 0 Å². The number of aryl methyl sites for hydroxylation is 1. The number of benzene rings is 1. The number of amides is 2. The molecule has 0 unspecified atom stereocenters. The number of rotatable bonds is 3. The fraction of sp³-hybridized carbons (Fsp3) is 0.333. The first-order valence-corrected chi connectivity index (χ1v) is 5.11. The van der Waals surface area contributed by atoms with Crippen LogP contribution in [0.25, 0.3) is 0 Å². The van der Waals surface area contributed by atoms with Crippen molar-refractivity contribution in [3.8, 4) is 0 Å². The normalized spacial score (nSPS) is 9.88. The lowest BCUT2D eigenvalue weighted by molar-refractivity contribution is -0.143. The van der Waals surface area contributed by atoms with Crippen molar-refractivity contribution in [2.24, 2.45) is 5.73 Å². The molecule has 4 nitrogen and oxygen atoms in total. The number of likely N-dealkylation sites (N-methyl/N-ethyl adjacent to an activating group) is 1. The van der Waals surface area contributed by atoms with Gasteiger partial charge in [0.1, 0.15) is 0 Å². The van der Waals surface area contributed by atoms with Crippen LogP contribution in [-0.4, -0.2) is 30.3 Å². The molecule has 0 atom stereocenters. The van der Waals surface area contributed by atoms with Gasteiger partial charge in [0.05, 0.1) is 0 Å². The minimum atomic E-state index is -0.910. The Hall–Kier alpha value is -1.84. The van der Waals surface area contributed by atoms with Gasteiger partial charge in [0.2, 0.25) is 0 Å². The molecule has 0 aliphatic heterocycles. The quantitative estimate of drug-likeness (QED) is 0.753. The Balaban J connectivity index is 2.52. The van der Waals surface area contributed by atoms with Gasteiger partial charge in [-0.1, -0.05) is 29.8 Å². The minimum absolute atomic E-state index is 0.491. The predicted octanol–water partition coefficient (Wildman–Crippen LogP) is 0.481. The molecule has 4 heteroatoms. The summed E-state index contributed by atoms with van der Waals surface area (Å²) in [5.74, 6) is -1.56. The van der Waals surface area contributed by atoms with Crippen molar-refractivity contribution in [2.75, 3.05) is 13.6 Å². The van der Waals surface area contributed by atoms with Gasteiger partial charge >= 0.3 is 11.8 Å². The van der Waals surface area contributed by atoms with E-state index in [1.807, 2.05) is 25.1 Å². The largest absolute Gasteiger partial charge is 0.361 e. The van der Waals surface area contributed by atoms with Crippen LogP contribution in [0, 0.1) is 6.92 Å². The molecule has 0 aliphatic carbocycles. The minimum Gasteiger partial charge on any atom is -0.361 e. The van der Waals surface area contributed by atoms with E-state index in [1.54, 1.807) is 7.05 Å². The molecule has 0 saturated heterocycles. The molecular weight excluding hydrogens is 204 g/mol. The summed E-state index contributed by atoms with van der Waals surface area (Å²) in [6.45, 7) is 2.51. The Kier molecular flexibility index (Phi) is 4.05. The van der Waals surface area contributed by atoms with Gasteiger partial charge in [0.15, 0.2) is 0 Å². The Morgan fingerprint density at radius 2 is 2.06 bits per heavy atom. The molecule has 0 radical (unpaired) electrons. The maximum atomic E-state index is 11.2. The van der Waals surface area contributed by atoms with Gasteiger partial charge in [-0.05, 0) is 18.9 Å². The van der Waals surface area contributed by atoms with Gasteiger partial charge in [-0.3, -0.25) is 9.59 Å². The Morgan fingerprint density at radius 3 is 2.62 bits per heavy atom. The zero-order chi connectivity index (χ0) is 12.1. The average Bonchev–Trinajstić information content (AvgIpc) is 2.24. The summed E-state index contributed by atoms with van der Waals surface area (Å²) in [6.07, 6.45) is 0.719. The maximum absolute atomic E-state index is 11.2. The average molecular weight is 220 g/mol. The van der Waals surface area contributed by atoms with Crippen molar-refractivity contribution in [2.45, 2.75) is 13.3 Å². The highest BCUT2D eigenvalue weighted by atomic mass is 16.2. The standard InChI is InChI=1S/C12H16N2O2/c1-9-4-3-5-10(8-9)6-7-14(2)12(16)11(13)15/h3-5,8H,6-7H2,1-2H3,(H2,13,15). The molecule has 1 aromatic carbocycles. The van der Waals surface area contributed by atoms with Gasteiger partial charge in [-0.2, -0.15) is 0 Å². The lowest BCUT2D eigenvalue weighted by atomic mass is 10.1. The topological polar surface area (TPSA) is 63.4 Å². The molecule has 0 aliphatic rings. The molecule has 1 aromatic rings. The number of nitrogens with two attached hydrogens (primary N) is 1. The van der Waals surface area contributed by atoms with Crippen LogP contribution < -0.4 is 5.73 Å². The number of carbonyl (C=O) groups excluding carboxylic acids is 2. The van der Waals surface area contributed by atoms with E-state index >= 15 is 0 Å². The van der Waals surface area contributed by atoms with Crippen LogP contribution in [0.15, 0.2) is 24.3 Å². The smallest absolute Gasteiger partial charge is 0.311 e. The van der Waals surface area contributed by atoms with Crippen LogP contribution in [0.2, 0.25) is 0 Å². The molecule has 2 amide bonds. The van der Waals surface area contributed by atoms with Crippen LogP contribution in [0.3, 0.4) is 0 Å². The summed E-state index contributed by atoms with van der Waals surface area (Å²) >= 11 is 0.